The van der Waals surface area contributed by atoms with Crippen molar-refractivity contribution in [1.82, 2.24) is 4.90 Å². The fourth-order valence-electron chi connectivity index (χ4n) is 2.95. The second-order valence-corrected chi connectivity index (χ2v) is 5.63. The predicted octanol–water partition coefficient (Wildman–Crippen LogP) is 2.32. The van der Waals surface area contributed by atoms with Crippen LogP contribution in [0, 0.1) is 0 Å². The monoisotopic (exact) mass is 293 g/mol. The number of hydrogen-bond donors (Lipinski definition) is 1. The Bertz CT molecular complexity index is 385. The largest absolute Gasteiger partial charge is 0.491 e. The lowest BCUT2D eigenvalue weighted by molar-refractivity contribution is 0.0160. The van der Waals surface area contributed by atoms with Crippen LogP contribution < -0.4 is 4.74 Å². The van der Waals surface area contributed by atoms with Gasteiger partial charge in [-0.1, -0.05) is 24.6 Å². The van der Waals surface area contributed by atoms with Gasteiger partial charge in [-0.15, -0.1) is 0 Å². The first kappa shape index (κ1) is 16.3. The van der Waals surface area contributed by atoms with Crippen molar-refractivity contribution in [3.05, 3.63) is 30.3 Å². The third-order valence-corrected chi connectivity index (χ3v) is 4.14. The van der Waals surface area contributed by atoms with E-state index in [-0.39, 0.29) is 6.61 Å². The molecule has 1 saturated heterocycles. The topological polar surface area (TPSA) is 41.9 Å². The van der Waals surface area contributed by atoms with Crippen LogP contribution in [-0.4, -0.2) is 55.1 Å². The summed E-state index contributed by atoms with van der Waals surface area (Å²) in [7, 11) is 0. The third kappa shape index (κ3) is 5.30. The number of hydrogen-bond acceptors (Lipinski definition) is 4. The van der Waals surface area contributed by atoms with Gasteiger partial charge in [-0.05, 0) is 31.9 Å². The van der Waals surface area contributed by atoms with E-state index in [1.807, 2.05) is 30.3 Å². The van der Waals surface area contributed by atoms with Crippen molar-refractivity contribution in [2.45, 2.75) is 38.3 Å². The van der Waals surface area contributed by atoms with Gasteiger partial charge in [0.2, 0.25) is 0 Å². The fraction of sp³-hybridized carbons (Fsp3) is 0.647. The molecule has 0 saturated carbocycles. The molecule has 0 spiro atoms. The molecule has 4 nitrogen and oxygen atoms in total. The van der Waals surface area contributed by atoms with E-state index in [1.165, 1.54) is 12.8 Å². The molecule has 2 rings (SSSR count). The summed E-state index contributed by atoms with van der Waals surface area (Å²) in [5, 5.41) is 9.44. The molecule has 0 aliphatic carbocycles. The van der Waals surface area contributed by atoms with E-state index in [1.54, 1.807) is 0 Å². The average molecular weight is 293 g/mol. The van der Waals surface area contributed by atoms with Crippen molar-refractivity contribution < 1.29 is 14.6 Å². The standard InChI is InChI=1S/C17H27NO3/c1-15-6-5-7-16(14-19)18(15)10-11-20-12-13-21-17-8-3-2-4-9-17/h2-4,8-9,15-16,19H,5-7,10-14H2,1H3. The number of para-hydroxylation sites is 1. The Balaban J connectivity index is 1.58. The zero-order valence-corrected chi connectivity index (χ0v) is 12.9. The lowest BCUT2D eigenvalue weighted by atomic mass is 9.97. The molecule has 21 heavy (non-hydrogen) atoms. The maximum Gasteiger partial charge on any atom is 0.119 e. The number of rotatable bonds is 8. The number of likely N-dealkylation sites (tertiary alicyclic amines) is 1. The molecule has 1 aromatic carbocycles. The highest BCUT2D eigenvalue weighted by atomic mass is 16.5. The van der Waals surface area contributed by atoms with Crippen LogP contribution in [0.2, 0.25) is 0 Å². The van der Waals surface area contributed by atoms with Gasteiger partial charge in [0.25, 0.3) is 0 Å². The van der Waals surface area contributed by atoms with Crippen molar-refractivity contribution >= 4 is 0 Å². The Hall–Kier alpha value is -1.10. The molecular formula is C17H27NO3. The molecule has 1 N–H and O–H groups in total. The van der Waals surface area contributed by atoms with Gasteiger partial charge < -0.3 is 14.6 Å². The number of ether oxygens (including phenoxy) is 2. The zero-order valence-electron chi connectivity index (χ0n) is 12.9. The summed E-state index contributed by atoms with van der Waals surface area (Å²) in [5.74, 6) is 0.881. The first-order chi connectivity index (χ1) is 10.3. The molecule has 1 aliphatic rings. The van der Waals surface area contributed by atoms with E-state index in [0.29, 0.717) is 31.9 Å². The van der Waals surface area contributed by atoms with Gasteiger partial charge >= 0.3 is 0 Å². The summed E-state index contributed by atoms with van der Waals surface area (Å²) in [6.07, 6.45) is 3.53. The van der Waals surface area contributed by atoms with Crippen molar-refractivity contribution in [2.24, 2.45) is 0 Å². The van der Waals surface area contributed by atoms with Crippen molar-refractivity contribution in [1.29, 1.82) is 0 Å². The molecule has 0 radical (unpaired) electrons. The quantitative estimate of drug-likeness (QED) is 0.747. The Labute approximate surface area is 127 Å². The molecule has 118 valence electrons. The van der Waals surface area contributed by atoms with Gasteiger partial charge in [-0.3, -0.25) is 4.90 Å². The Morgan fingerprint density at radius 3 is 2.71 bits per heavy atom. The molecule has 1 aromatic rings. The normalized spacial score (nSPS) is 23.1. The first-order valence-electron chi connectivity index (χ1n) is 7.93. The van der Waals surface area contributed by atoms with Crippen LogP contribution in [0.3, 0.4) is 0 Å². The lowest BCUT2D eigenvalue weighted by Crippen LogP contribution is -2.48. The summed E-state index contributed by atoms with van der Waals surface area (Å²) in [6, 6.07) is 10.6. The highest BCUT2D eigenvalue weighted by molar-refractivity contribution is 5.20. The minimum Gasteiger partial charge on any atom is -0.491 e. The summed E-state index contributed by atoms with van der Waals surface area (Å²) in [6.45, 7) is 5.24. The van der Waals surface area contributed by atoms with E-state index in [0.717, 1.165) is 18.7 Å². The molecule has 2 unspecified atom stereocenters. The molecule has 2 atom stereocenters. The summed E-state index contributed by atoms with van der Waals surface area (Å²) in [4.78, 5) is 2.38. The van der Waals surface area contributed by atoms with Crippen LogP contribution in [0.1, 0.15) is 26.2 Å². The van der Waals surface area contributed by atoms with Gasteiger partial charge in [0.05, 0.1) is 19.8 Å². The molecule has 0 bridgehead atoms. The summed E-state index contributed by atoms with van der Waals surface area (Å²) >= 11 is 0. The van der Waals surface area contributed by atoms with Crippen molar-refractivity contribution in [3.63, 3.8) is 0 Å². The van der Waals surface area contributed by atoms with E-state index < -0.39 is 0 Å². The smallest absolute Gasteiger partial charge is 0.119 e. The molecule has 0 aromatic heterocycles. The molecule has 0 amide bonds. The maximum absolute atomic E-state index is 9.44. The van der Waals surface area contributed by atoms with E-state index in [4.69, 9.17) is 9.47 Å². The third-order valence-electron chi connectivity index (χ3n) is 4.14. The van der Waals surface area contributed by atoms with Crippen molar-refractivity contribution in [3.8, 4) is 5.75 Å². The van der Waals surface area contributed by atoms with Gasteiger partial charge in [0.1, 0.15) is 12.4 Å². The second kappa shape index (κ2) is 9.03. The van der Waals surface area contributed by atoms with E-state index in [9.17, 15) is 5.11 Å². The predicted molar refractivity (Wildman–Crippen MR) is 83.6 cm³/mol. The van der Waals surface area contributed by atoms with Crippen LogP contribution in [0.5, 0.6) is 5.75 Å². The molecule has 1 aliphatic heterocycles. The van der Waals surface area contributed by atoms with Crippen molar-refractivity contribution in [2.75, 3.05) is 33.0 Å². The van der Waals surface area contributed by atoms with Gasteiger partial charge in [0, 0.05) is 18.6 Å². The van der Waals surface area contributed by atoms with Crippen LogP contribution in [-0.2, 0) is 4.74 Å². The second-order valence-electron chi connectivity index (χ2n) is 5.63. The fourth-order valence-corrected chi connectivity index (χ4v) is 2.95. The summed E-state index contributed by atoms with van der Waals surface area (Å²) < 4.78 is 11.2. The highest BCUT2D eigenvalue weighted by Gasteiger charge is 2.26. The molecule has 4 heteroatoms. The van der Waals surface area contributed by atoms with E-state index >= 15 is 0 Å². The van der Waals surface area contributed by atoms with Crippen LogP contribution in [0.25, 0.3) is 0 Å². The number of benzene rings is 1. The number of aliphatic hydroxyl groups is 1. The number of aliphatic hydroxyl groups excluding tert-OH is 1. The molecular weight excluding hydrogens is 266 g/mol. The minimum absolute atomic E-state index is 0.251. The molecule has 1 fully saturated rings. The number of nitrogens with zero attached hydrogens (tertiary/aromatic N) is 1. The first-order valence-corrected chi connectivity index (χ1v) is 7.93. The lowest BCUT2D eigenvalue weighted by Gasteiger charge is -2.39. The maximum atomic E-state index is 9.44. The van der Waals surface area contributed by atoms with Crippen LogP contribution >= 0.6 is 0 Å². The Morgan fingerprint density at radius 1 is 1.14 bits per heavy atom. The number of piperidine rings is 1. The minimum atomic E-state index is 0.251. The summed E-state index contributed by atoms with van der Waals surface area (Å²) in [5.41, 5.74) is 0. The van der Waals surface area contributed by atoms with Gasteiger partial charge in [-0.2, -0.15) is 0 Å². The Morgan fingerprint density at radius 2 is 1.95 bits per heavy atom. The molecule has 1 heterocycles. The van der Waals surface area contributed by atoms with Crippen LogP contribution in [0.15, 0.2) is 30.3 Å². The average Bonchev–Trinajstić information content (AvgIpc) is 2.52. The highest BCUT2D eigenvalue weighted by Crippen LogP contribution is 2.21. The van der Waals surface area contributed by atoms with Gasteiger partial charge in [0.15, 0.2) is 0 Å². The van der Waals surface area contributed by atoms with E-state index in [2.05, 4.69) is 11.8 Å². The van der Waals surface area contributed by atoms with Gasteiger partial charge in [-0.25, -0.2) is 0 Å². The Kier molecular flexibility index (Phi) is 7.00. The van der Waals surface area contributed by atoms with Crippen LogP contribution in [0.4, 0.5) is 0 Å². The zero-order chi connectivity index (χ0) is 14.9. The SMILES string of the molecule is CC1CCCC(CO)N1CCOCCOc1ccccc1.